The van der Waals surface area contributed by atoms with Gasteiger partial charge in [-0.05, 0) is 50.1 Å². The second kappa shape index (κ2) is 10.4. The maximum Gasteiger partial charge on any atom is 0.319 e. The van der Waals surface area contributed by atoms with Crippen LogP contribution in [0.15, 0.2) is 53.9 Å². The molecule has 1 saturated heterocycles. The van der Waals surface area contributed by atoms with Crippen LogP contribution < -0.4 is 16.0 Å². The molecule has 1 unspecified atom stereocenters. The van der Waals surface area contributed by atoms with Gasteiger partial charge in [-0.3, -0.25) is 4.79 Å². The molecule has 2 aromatic carbocycles. The summed E-state index contributed by atoms with van der Waals surface area (Å²) < 4.78 is 5.49. The summed E-state index contributed by atoms with van der Waals surface area (Å²) in [5.74, 6) is -0.138. The van der Waals surface area contributed by atoms with Crippen molar-refractivity contribution < 1.29 is 14.3 Å². The van der Waals surface area contributed by atoms with Crippen LogP contribution in [-0.4, -0.2) is 36.2 Å². The van der Waals surface area contributed by atoms with Crippen LogP contribution in [-0.2, 0) is 16.0 Å². The number of aryl methyl sites for hydroxylation is 1. The number of nitrogens with zero attached hydrogens (tertiary/aromatic N) is 1. The number of aromatic nitrogens is 1. The lowest BCUT2D eigenvalue weighted by Crippen LogP contribution is -2.35. The van der Waals surface area contributed by atoms with Gasteiger partial charge in [-0.25, -0.2) is 9.78 Å². The van der Waals surface area contributed by atoms with E-state index in [2.05, 4.69) is 27.0 Å². The van der Waals surface area contributed by atoms with Gasteiger partial charge in [0.15, 0.2) is 0 Å². The highest BCUT2D eigenvalue weighted by Crippen LogP contribution is 2.25. The number of carbonyl (C=O) groups is 2. The molecule has 8 heteroatoms. The minimum absolute atomic E-state index is 0.101. The first-order valence-electron chi connectivity index (χ1n) is 10.6. The fraction of sp³-hybridized carbons (Fsp3) is 0.292. The minimum atomic E-state index is -0.273. The summed E-state index contributed by atoms with van der Waals surface area (Å²) in [7, 11) is 0. The number of carbonyl (C=O) groups excluding carboxylic acids is 2. The Bertz CT molecular complexity index is 1070. The zero-order chi connectivity index (χ0) is 22.3. The molecule has 0 saturated carbocycles. The predicted molar refractivity (Wildman–Crippen MR) is 127 cm³/mol. The molecule has 0 bridgehead atoms. The van der Waals surface area contributed by atoms with Gasteiger partial charge >= 0.3 is 6.03 Å². The average molecular weight is 451 g/mol. The van der Waals surface area contributed by atoms with Gasteiger partial charge in [0.05, 0.1) is 18.2 Å². The summed E-state index contributed by atoms with van der Waals surface area (Å²) in [6.07, 6.45) is 2.32. The maximum atomic E-state index is 12.4. The molecule has 1 atom stereocenters. The number of hydrogen-bond acceptors (Lipinski definition) is 5. The molecule has 32 heavy (non-hydrogen) atoms. The average Bonchev–Trinajstić information content (AvgIpc) is 3.46. The highest BCUT2D eigenvalue weighted by molar-refractivity contribution is 7.13. The molecule has 1 aromatic heterocycles. The summed E-state index contributed by atoms with van der Waals surface area (Å²) in [5, 5.41) is 11.3. The van der Waals surface area contributed by atoms with Crippen molar-refractivity contribution >= 4 is 34.6 Å². The molecule has 0 radical (unpaired) electrons. The van der Waals surface area contributed by atoms with Crippen molar-refractivity contribution in [2.24, 2.45) is 0 Å². The molecule has 1 aliphatic heterocycles. The lowest BCUT2D eigenvalue weighted by molar-refractivity contribution is -0.115. The van der Waals surface area contributed by atoms with E-state index in [-0.39, 0.29) is 24.5 Å². The van der Waals surface area contributed by atoms with Gasteiger partial charge < -0.3 is 20.7 Å². The number of hydrogen-bond donors (Lipinski definition) is 3. The molecule has 166 valence electrons. The quantitative estimate of drug-likeness (QED) is 0.491. The summed E-state index contributed by atoms with van der Waals surface area (Å²) in [6, 6.07) is 14.9. The third-order valence-electron chi connectivity index (χ3n) is 5.10. The Balaban J connectivity index is 1.25. The number of anilines is 2. The molecule has 7 nitrogen and oxygen atoms in total. The Morgan fingerprint density at radius 2 is 1.91 bits per heavy atom. The van der Waals surface area contributed by atoms with Crippen molar-refractivity contribution in [1.29, 1.82) is 0 Å². The predicted octanol–water partition coefficient (Wildman–Crippen LogP) is 4.60. The van der Waals surface area contributed by atoms with Crippen molar-refractivity contribution in [3.8, 4) is 10.6 Å². The number of rotatable bonds is 7. The van der Waals surface area contributed by atoms with Crippen LogP contribution in [0.2, 0.25) is 0 Å². The number of urea groups is 1. The van der Waals surface area contributed by atoms with E-state index in [9.17, 15) is 9.59 Å². The first-order valence-corrected chi connectivity index (χ1v) is 11.5. The Hall–Kier alpha value is -3.23. The van der Waals surface area contributed by atoms with Crippen molar-refractivity contribution in [3.05, 3.63) is 65.2 Å². The maximum absolute atomic E-state index is 12.4. The van der Waals surface area contributed by atoms with Crippen LogP contribution in [0.25, 0.3) is 10.6 Å². The normalized spacial score (nSPS) is 15.3. The largest absolute Gasteiger partial charge is 0.376 e. The molecule has 0 aliphatic carbocycles. The van der Waals surface area contributed by atoms with Crippen LogP contribution in [0.3, 0.4) is 0 Å². The zero-order valence-electron chi connectivity index (χ0n) is 17.9. The van der Waals surface area contributed by atoms with E-state index in [0.717, 1.165) is 35.7 Å². The van der Waals surface area contributed by atoms with Crippen LogP contribution in [0.4, 0.5) is 16.2 Å². The number of amides is 3. The first-order chi connectivity index (χ1) is 15.5. The Morgan fingerprint density at radius 1 is 1.12 bits per heavy atom. The first kappa shape index (κ1) is 22.0. The van der Waals surface area contributed by atoms with Crippen molar-refractivity contribution in [1.82, 2.24) is 10.3 Å². The molecular formula is C24H26N4O3S. The molecular weight excluding hydrogens is 424 g/mol. The molecule has 3 amide bonds. The van der Waals surface area contributed by atoms with E-state index in [4.69, 9.17) is 4.74 Å². The summed E-state index contributed by atoms with van der Waals surface area (Å²) in [4.78, 5) is 29.0. The van der Waals surface area contributed by atoms with E-state index in [1.54, 1.807) is 24.3 Å². The molecule has 2 heterocycles. The number of ether oxygens (including phenoxy) is 1. The second-order valence-electron chi connectivity index (χ2n) is 7.79. The summed E-state index contributed by atoms with van der Waals surface area (Å²) in [6.45, 7) is 3.31. The van der Waals surface area contributed by atoms with Gasteiger partial charge in [0.2, 0.25) is 5.91 Å². The fourth-order valence-electron chi connectivity index (χ4n) is 3.49. The highest BCUT2D eigenvalue weighted by Gasteiger charge is 2.16. The third-order valence-corrected chi connectivity index (χ3v) is 6.04. The lowest BCUT2D eigenvalue weighted by Gasteiger charge is -2.12. The number of benzene rings is 2. The molecule has 4 rings (SSSR count). The summed E-state index contributed by atoms with van der Waals surface area (Å²) in [5.41, 5.74) is 4.29. The molecule has 3 aromatic rings. The minimum Gasteiger partial charge on any atom is -0.376 e. The van der Waals surface area contributed by atoms with E-state index >= 15 is 0 Å². The second-order valence-corrected chi connectivity index (χ2v) is 8.64. The van der Waals surface area contributed by atoms with Gasteiger partial charge in [-0.2, -0.15) is 0 Å². The van der Waals surface area contributed by atoms with E-state index in [0.29, 0.717) is 17.9 Å². The van der Waals surface area contributed by atoms with Crippen LogP contribution >= 0.6 is 11.3 Å². The molecule has 3 N–H and O–H groups in total. The van der Waals surface area contributed by atoms with Gasteiger partial charge in [-0.15, -0.1) is 11.3 Å². The van der Waals surface area contributed by atoms with Gasteiger partial charge in [0.25, 0.3) is 0 Å². The molecule has 1 aliphatic rings. The third kappa shape index (κ3) is 6.15. The van der Waals surface area contributed by atoms with Crippen molar-refractivity contribution in [2.45, 2.75) is 32.3 Å². The smallest absolute Gasteiger partial charge is 0.319 e. The Kier molecular flexibility index (Phi) is 7.14. The monoisotopic (exact) mass is 450 g/mol. The highest BCUT2D eigenvalue weighted by atomic mass is 32.1. The van der Waals surface area contributed by atoms with E-state index in [1.807, 2.05) is 30.5 Å². The van der Waals surface area contributed by atoms with E-state index < -0.39 is 0 Å². The molecule has 0 spiro atoms. The Labute approximate surface area is 191 Å². The van der Waals surface area contributed by atoms with Gasteiger partial charge in [0, 0.05) is 35.5 Å². The van der Waals surface area contributed by atoms with Gasteiger partial charge in [0.1, 0.15) is 5.01 Å². The van der Waals surface area contributed by atoms with Crippen LogP contribution in [0, 0.1) is 6.92 Å². The van der Waals surface area contributed by atoms with Crippen molar-refractivity contribution in [3.63, 3.8) is 0 Å². The number of thiazole rings is 1. The summed E-state index contributed by atoms with van der Waals surface area (Å²) >= 11 is 1.53. The zero-order valence-corrected chi connectivity index (χ0v) is 18.7. The number of nitrogens with one attached hydrogen (secondary N) is 3. The van der Waals surface area contributed by atoms with Crippen LogP contribution in [0.1, 0.15) is 24.1 Å². The van der Waals surface area contributed by atoms with E-state index in [1.165, 1.54) is 16.9 Å². The van der Waals surface area contributed by atoms with Crippen molar-refractivity contribution in [2.75, 3.05) is 23.8 Å². The molecule has 1 fully saturated rings. The SMILES string of the molecule is Cc1cccc(-c2nc(CC(=O)Nc3ccc(NC(=O)NCC4CCCO4)cc3)cs2)c1. The standard InChI is InChI=1S/C24H26N4O3S/c1-16-4-2-5-17(12-16)23-27-20(15-32-23)13-22(29)26-18-7-9-19(10-8-18)28-24(30)25-14-21-6-3-11-31-21/h2,4-5,7-10,12,15,21H,3,6,11,13-14H2,1H3,(H,26,29)(H2,25,28,30). The Morgan fingerprint density at radius 3 is 2.62 bits per heavy atom. The fourth-order valence-corrected chi connectivity index (χ4v) is 4.31. The topological polar surface area (TPSA) is 92.4 Å². The van der Waals surface area contributed by atoms with Crippen LogP contribution in [0.5, 0.6) is 0 Å². The lowest BCUT2D eigenvalue weighted by atomic mass is 10.1. The van der Waals surface area contributed by atoms with Gasteiger partial charge in [-0.1, -0.05) is 23.8 Å².